The van der Waals surface area contributed by atoms with Gasteiger partial charge in [0.1, 0.15) is 5.82 Å². The van der Waals surface area contributed by atoms with Crippen molar-refractivity contribution in [3.05, 3.63) is 46.6 Å². The van der Waals surface area contributed by atoms with Crippen LogP contribution in [0.2, 0.25) is 5.02 Å². The number of carbonyl (C=O) groups is 1. The van der Waals surface area contributed by atoms with Crippen molar-refractivity contribution in [2.45, 2.75) is 91.3 Å². The molecule has 1 aromatic carbocycles. The number of imidazole rings is 1. The second-order valence-electron chi connectivity index (χ2n) is 11.6. The molecule has 2 atom stereocenters. The van der Waals surface area contributed by atoms with E-state index in [-0.39, 0.29) is 34.8 Å². The van der Waals surface area contributed by atoms with Crippen molar-refractivity contribution in [2.75, 3.05) is 18.4 Å². The molecule has 0 fully saturated rings. The van der Waals surface area contributed by atoms with Crippen LogP contribution in [0.5, 0.6) is 0 Å². The molecule has 2 aromatic rings. The predicted molar refractivity (Wildman–Crippen MR) is 142 cm³/mol. The average molecular weight is 506 g/mol. The van der Waals surface area contributed by atoms with Crippen molar-refractivity contribution in [1.82, 2.24) is 20.2 Å². The van der Waals surface area contributed by atoms with Gasteiger partial charge in [-0.2, -0.15) is 0 Å². The zero-order valence-electron chi connectivity index (χ0n) is 22.0. The Morgan fingerprint density at radius 1 is 1.26 bits per heavy atom. The molecule has 3 N–H and O–H groups in total. The molecule has 1 aromatic heterocycles. The highest BCUT2D eigenvalue weighted by molar-refractivity contribution is 6.31. The number of aryl methyl sites for hydroxylation is 1. The van der Waals surface area contributed by atoms with Crippen LogP contribution in [0.4, 0.5) is 10.2 Å². The summed E-state index contributed by atoms with van der Waals surface area (Å²) in [6.45, 7) is 14.7. The van der Waals surface area contributed by atoms with Gasteiger partial charge in [-0.25, -0.2) is 9.37 Å². The van der Waals surface area contributed by atoms with Gasteiger partial charge in [0.2, 0.25) is 5.91 Å². The highest BCUT2D eigenvalue weighted by Crippen LogP contribution is 2.29. The third kappa shape index (κ3) is 7.76. The monoisotopic (exact) mass is 505 g/mol. The van der Waals surface area contributed by atoms with Crippen LogP contribution < -0.4 is 16.0 Å². The standard InChI is InChI=1S/C27H41ClFN5O/c1-7-8-23(32-20-10-9-18-11-19(29)12-22(28)21(18)13-20)25(35)33-24-14-34(17-31-24)27(5,6)16-30-15-26(2,3)4/h11-12,14,17,20,23,30,32H,7-10,13,15-16H2,1-6H3,(H,33,35)/t20-,23-/m0/s1. The Hall–Kier alpha value is -1.96. The fourth-order valence-electron chi connectivity index (χ4n) is 4.56. The van der Waals surface area contributed by atoms with E-state index in [9.17, 15) is 9.18 Å². The topological polar surface area (TPSA) is 71.0 Å². The second kappa shape index (κ2) is 11.4. The number of amides is 1. The molecule has 8 heteroatoms. The van der Waals surface area contributed by atoms with E-state index in [4.69, 9.17) is 11.6 Å². The molecule has 3 rings (SSSR count). The van der Waals surface area contributed by atoms with E-state index < -0.39 is 0 Å². The first-order valence-electron chi connectivity index (χ1n) is 12.7. The van der Waals surface area contributed by atoms with Gasteiger partial charge in [0.15, 0.2) is 5.82 Å². The molecule has 0 unspecified atom stereocenters. The predicted octanol–water partition coefficient (Wildman–Crippen LogP) is 5.30. The fourth-order valence-corrected chi connectivity index (χ4v) is 4.86. The maximum atomic E-state index is 13.7. The van der Waals surface area contributed by atoms with E-state index in [1.807, 2.05) is 10.8 Å². The number of anilines is 1. The minimum absolute atomic E-state index is 0.0863. The molecule has 0 saturated carbocycles. The first-order valence-corrected chi connectivity index (χ1v) is 13.0. The van der Waals surface area contributed by atoms with E-state index in [1.54, 1.807) is 12.4 Å². The van der Waals surface area contributed by atoms with Gasteiger partial charge < -0.3 is 20.5 Å². The van der Waals surface area contributed by atoms with Crippen LogP contribution in [0.25, 0.3) is 0 Å². The molecule has 1 heterocycles. The van der Waals surface area contributed by atoms with Gasteiger partial charge in [0.05, 0.1) is 17.9 Å². The lowest BCUT2D eigenvalue weighted by Crippen LogP contribution is -2.47. The lowest BCUT2D eigenvalue weighted by atomic mass is 9.87. The first-order chi connectivity index (χ1) is 16.4. The number of hydrogen-bond donors (Lipinski definition) is 3. The third-order valence-corrected chi connectivity index (χ3v) is 6.88. The highest BCUT2D eigenvalue weighted by Gasteiger charge is 2.27. The Bertz CT molecular complexity index is 1010. The van der Waals surface area contributed by atoms with Gasteiger partial charge >= 0.3 is 0 Å². The molecule has 0 saturated heterocycles. The van der Waals surface area contributed by atoms with Crippen LogP contribution in [0.15, 0.2) is 24.7 Å². The molecule has 194 valence electrons. The number of halogens is 2. The van der Waals surface area contributed by atoms with Gasteiger partial charge in [-0.1, -0.05) is 45.7 Å². The second-order valence-corrected chi connectivity index (χ2v) is 12.0. The van der Waals surface area contributed by atoms with E-state index in [2.05, 4.69) is 62.5 Å². The smallest absolute Gasteiger partial charge is 0.242 e. The van der Waals surface area contributed by atoms with Crippen molar-refractivity contribution in [3.63, 3.8) is 0 Å². The largest absolute Gasteiger partial charge is 0.328 e. The van der Waals surface area contributed by atoms with Crippen LogP contribution in [0, 0.1) is 11.2 Å². The summed E-state index contributed by atoms with van der Waals surface area (Å²) in [6.07, 6.45) is 7.53. The number of nitrogens with one attached hydrogen (secondary N) is 3. The molecule has 35 heavy (non-hydrogen) atoms. The lowest BCUT2D eigenvalue weighted by molar-refractivity contribution is -0.118. The number of nitrogens with zero attached hydrogens (tertiary/aromatic N) is 2. The van der Waals surface area contributed by atoms with Crippen LogP contribution in [-0.4, -0.2) is 40.6 Å². The lowest BCUT2D eigenvalue weighted by Gasteiger charge is -2.30. The van der Waals surface area contributed by atoms with Crippen LogP contribution in [-0.2, 0) is 23.2 Å². The summed E-state index contributed by atoms with van der Waals surface area (Å²) in [6, 6.07) is 2.72. The first kappa shape index (κ1) is 27.6. The Balaban J connectivity index is 1.61. The Morgan fingerprint density at radius 3 is 2.69 bits per heavy atom. The maximum Gasteiger partial charge on any atom is 0.242 e. The minimum Gasteiger partial charge on any atom is -0.328 e. The van der Waals surface area contributed by atoms with Crippen molar-refractivity contribution in [2.24, 2.45) is 5.41 Å². The van der Waals surface area contributed by atoms with Crippen LogP contribution >= 0.6 is 11.6 Å². The summed E-state index contributed by atoms with van der Waals surface area (Å²) in [5.74, 6) is 0.169. The minimum atomic E-state index is -0.336. The van der Waals surface area contributed by atoms with E-state index >= 15 is 0 Å². The summed E-state index contributed by atoms with van der Waals surface area (Å²) in [4.78, 5) is 17.6. The van der Waals surface area contributed by atoms with Crippen molar-refractivity contribution < 1.29 is 9.18 Å². The molecule has 0 spiro atoms. The van der Waals surface area contributed by atoms with Crippen molar-refractivity contribution in [1.29, 1.82) is 0 Å². The molecular weight excluding hydrogens is 465 g/mol. The summed E-state index contributed by atoms with van der Waals surface area (Å²) in [5.41, 5.74) is 1.98. The van der Waals surface area contributed by atoms with Crippen molar-refractivity contribution >= 4 is 23.3 Å². The zero-order chi connectivity index (χ0) is 25.8. The van der Waals surface area contributed by atoms with Gasteiger partial charge in [0.25, 0.3) is 0 Å². The number of benzene rings is 1. The normalized spacial score (nSPS) is 17.2. The average Bonchev–Trinajstić information content (AvgIpc) is 3.22. The maximum absolute atomic E-state index is 13.7. The quantitative estimate of drug-likeness (QED) is 0.409. The molecule has 1 aliphatic carbocycles. The summed E-state index contributed by atoms with van der Waals surface area (Å²) in [7, 11) is 0. The van der Waals surface area contributed by atoms with Crippen molar-refractivity contribution in [3.8, 4) is 0 Å². The number of hydrogen-bond acceptors (Lipinski definition) is 4. The number of rotatable bonds is 10. The van der Waals surface area contributed by atoms with E-state index in [0.29, 0.717) is 17.3 Å². The molecule has 0 bridgehead atoms. The number of carbonyl (C=O) groups excluding carboxylic acids is 1. The summed E-state index contributed by atoms with van der Waals surface area (Å²) >= 11 is 6.31. The summed E-state index contributed by atoms with van der Waals surface area (Å²) < 4.78 is 15.7. The molecular formula is C27H41ClFN5O. The molecule has 1 aliphatic rings. The van der Waals surface area contributed by atoms with Gasteiger partial charge in [-0.05, 0) is 68.2 Å². The molecule has 1 amide bonds. The molecule has 0 radical (unpaired) electrons. The highest BCUT2D eigenvalue weighted by atomic mass is 35.5. The molecule has 6 nitrogen and oxygen atoms in total. The Morgan fingerprint density at radius 2 is 2.00 bits per heavy atom. The zero-order valence-corrected chi connectivity index (χ0v) is 22.7. The SMILES string of the molecule is CCC[C@H](N[C@H]1CCc2cc(F)cc(Cl)c2C1)C(=O)Nc1cn(C(C)(C)CNCC(C)(C)C)cn1. The van der Waals surface area contributed by atoms with Crippen LogP contribution in [0.3, 0.4) is 0 Å². The van der Waals surface area contributed by atoms with Crippen LogP contribution in [0.1, 0.15) is 71.9 Å². The number of fused-ring (bicyclic) bond motifs is 1. The fraction of sp³-hybridized carbons (Fsp3) is 0.630. The summed E-state index contributed by atoms with van der Waals surface area (Å²) in [5, 5.41) is 10.5. The van der Waals surface area contributed by atoms with Gasteiger partial charge in [0, 0.05) is 30.4 Å². The molecule has 0 aliphatic heterocycles. The Labute approximate surface area is 214 Å². The van der Waals surface area contributed by atoms with Gasteiger partial charge in [-0.15, -0.1) is 0 Å². The third-order valence-electron chi connectivity index (χ3n) is 6.54. The van der Waals surface area contributed by atoms with Gasteiger partial charge in [-0.3, -0.25) is 4.79 Å². The number of aromatic nitrogens is 2. The Kier molecular flexibility index (Phi) is 9.00. The van der Waals surface area contributed by atoms with E-state index in [0.717, 1.165) is 49.9 Å². The van der Waals surface area contributed by atoms with E-state index in [1.165, 1.54) is 6.07 Å².